The molecule has 1 atom stereocenters. The lowest BCUT2D eigenvalue weighted by molar-refractivity contribution is 0.838. The van der Waals surface area contributed by atoms with E-state index in [9.17, 15) is 5.26 Å². The summed E-state index contributed by atoms with van der Waals surface area (Å²) in [5.74, 6) is 0.340. The van der Waals surface area contributed by atoms with Crippen LogP contribution in [0.3, 0.4) is 0 Å². The van der Waals surface area contributed by atoms with Crippen molar-refractivity contribution in [1.29, 1.82) is 10.5 Å². The maximum absolute atomic E-state index is 9.40. The third-order valence-corrected chi connectivity index (χ3v) is 3.68. The molecule has 0 bridgehead atoms. The molecule has 0 radical (unpaired) electrons. The Balaban J connectivity index is 2.15. The Morgan fingerprint density at radius 1 is 0.857 bits per heavy atom. The third kappa shape index (κ3) is 3.71. The summed E-state index contributed by atoms with van der Waals surface area (Å²) in [5, 5.41) is 18.2. The van der Waals surface area contributed by atoms with Crippen molar-refractivity contribution in [3.63, 3.8) is 0 Å². The Bertz CT molecular complexity index is 667. The van der Waals surface area contributed by atoms with Crippen molar-refractivity contribution < 1.29 is 0 Å². The predicted octanol–water partition coefficient (Wildman–Crippen LogP) is 4.53. The Labute approximate surface area is 126 Å². The molecule has 21 heavy (non-hydrogen) atoms. The van der Waals surface area contributed by atoms with Crippen molar-refractivity contribution >= 4 is 0 Å². The summed E-state index contributed by atoms with van der Waals surface area (Å²) in [6, 6.07) is 20.2. The van der Waals surface area contributed by atoms with E-state index < -0.39 is 0 Å². The minimum atomic E-state index is -0.178. The first kappa shape index (κ1) is 14.8. The van der Waals surface area contributed by atoms with Gasteiger partial charge in [0.25, 0.3) is 0 Å². The van der Waals surface area contributed by atoms with Crippen LogP contribution in [0.1, 0.15) is 47.9 Å². The van der Waals surface area contributed by atoms with Crippen molar-refractivity contribution in [2.75, 3.05) is 0 Å². The lowest BCUT2D eigenvalue weighted by Crippen LogP contribution is -2.01. The molecule has 0 N–H and O–H groups in total. The van der Waals surface area contributed by atoms with Crippen molar-refractivity contribution in [3.05, 3.63) is 70.8 Å². The molecule has 0 aliphatic rings. The van der Waals surface area contributed by atoms with Gasteiger partial charge in [-0.15, -0.1) is 0 Å². The van der Waals surface area contributed by atoms with E-state index in [4.69, 9.17) is 5.26 Å². The van der Waals surface area contributed by atoms with E-state index in [1.165, 1.54) is 5.56 Å². The molecule has 0 heterocycles. The molecule has 2 nitrogen and oxygen atoms in total. The quantitative estimate of drug-likeness (QED) is 0.822. The Morgan fingerprint density at radius 2 is 1.43 bits per heavy atom. The van der Waals surface area contributed by atoms with Crippen LogP contribution in [0.4, 0.5) is 0 Å². The Kier molecular flexibility index (Phi) is 4.75. The highest BCUT2D eigenvalue weighted by atomic mass is 14.3. The molecule has 0 aromatic heterocycles. The molecule has 1 unspecified atom stereocenters. The maximum atomic E-state index is 9.40. The van der Waals surface area contributed by atoms with Crippen LogP contribution in [0, 0.1) is 22.7 Å². The van der Waals surface area contributed by atoms with Crippen molar-refractivity contribution in [1.82, 2.24) is 0 Å². The topological polar surface area (TPSA) is 47.6 Å². The van der Waals surface area contributed by atoms with Gasteiger partial charge in [-0.2, -0.15) is 10.5 Å². The summed E-state index contributed by atoms with van der Waals surface area (Å²) >= 11 is 0. The summed E-state index contributed by atoms with van der Waals surface area (Å²) in [7, 11) is 0. The molecule has 2 rings (SSSR count). The molecule has 0 saturated carbocycles. The van der Waals surface area contributed by atoms with E-state index in [2.05, 4.69) is 50.3 Å². The number of hydrogen-bond acceptors (Lipinski definition) is 2. The summed E-state index contributed by atoms with van der Waals surface area (Å²) in [5.41, 5.74) is 4.06. The van der Waals surface area contributed by atoms with Gasteiger partial charge in [0.2, 0.25) is 0 Å². The van der Waals surface area contributed by atoms with E-state index in [0.29, 0.717) is 17.9 Å². The van der Waals surface area contributed by atoms with Crippen LogP contribution >= 0.6 is 0 Å². The first-order chi connectivity index (χ1) is 10.1. The third-order valence-electron chi connectivity index (χ3n) is 3.68. The SMILES string of the molecule is CC(C)c1ccc(CC(C#N)c2ccc(C#N)cc2)cc1. The minimum Gasteiger partial charge on any atom is -0.198 e. The van der Waals surface area contributed by atoms with Crippen LogP contribution in [-0.2, 0) is 6.42 Å². The number of rotatable bonds is 4. The molecule has 0 spiro atoms. The molecule has 2 heteroatoms. The van der Waals surface area contributed by atoms with Gasteiger partial charge in [0.05, 0.1) is 23.6 Å². The first-order valence-corrected chi connectivity index (χ1v) is 7.12. The normalized spacial score (nSPS) is 11.7. The standard InChI is InChI=1S/C19H18N2/c1-14(2)17-7-3-15(4-8-17)11-19(13-21)18-9-5-16(12-20)6-10-18/h3-10,14,19H,11H2,1-2H3. The van der Waals surface area contributed by atoms with E-state index in [1.807, 2.05) is 12.1 Å². The van der Waals surface area contributed by atoms with Crippen LogP contribution in [0.5, 0.6) is 0 Å². The maximum Gasteiger partial charge on any atom is 0.0991 e. The lowest BCUT2D eigenvalue weighted by atomic mass is 9.91. The minimum absolute atomic E-state index is 0.178. The fraction of sp³-hybridized carbons (Fsp3) is 0.263. The molecular formula is C19H18N2. The fourth-order valence-electron chi connectivity index (χ4n) is 2.30. The van der Waals surface area contributed by atoms with Crippen molar-refractivity contribution in [2.45, 2.75) is 32.1 Å². The van der Waals surface area contributed by atoms with Gasteiger partial charge < -0.3 is 0 Å². The van der Waals surface area contributed by atoms with Crippen LogP contribution in [0.2, 0.25) is 0 Å². The van der Waals surface area contributed by atoms with Gasteiger partial charge in [-0.25, -0.2) is 0 Å². The second kappa shape index (κ2) is 6.73. The highest BCUT2D eigenvalue weighted by Gasteiger charge is 2.12. The zero-order valence-electron chi connectivity index (χ0n) is 12.4. The largest absolute Gasteiger partial charge is 0.198 e. The average molecular weight is 274 g/mol. The first-order valence-electron chi connectivity index (χ1n) is 7.12. The average Bonchev–Trinajstić information content (AvgIpc) is 2.53. The molecular weight excluding hydrogens is 256 g/mol. The molecule has 2 aromatic carbocycles. The predicted molar refractivity (Wildman–Crippen MR) is 83.7 cm³/mol. The van der Waals surface area contributed by atoms with Crippen molar-refractivity contribution in [2.24, 2.45) is 0 Å². The zero-order chi connectivity index (χ0) is 15.2. The van der Waals surface area contributed by atoms with Gasteiger partial charge in [0, 0.05) is 0 Å². The molecule has 0 fully saturated rings. The lowest BCUT2D eigenvalue weighted by Gasteiger charge is -2.11. The highest BCUT2D eigenvalue weighted by Crippen LogP contribution is 2.22. The van der Waals surface area contributed by atoms with E-state index >= 15 is 0 Å². The number of hydrogen-bond donors (Lipinski definition) is 0. The van der Waals surface area contributed by atoms with E-state index in [1.54, 1.807) is 12.1 Å². The van der Waals surface area contributed by atoms with E-state index in [-0.39, 0.29) is 5.92 Å². The highest BCUT2D eigenvalue weighted by molar-refractivity contribution is 5.36. The van der Waals surface area contributed by atoms with Crippen molar-refractivity contribution in [3.8, 4) is 12.1 Å². The molecule has 104 valence electrons. The molecule has 0 amide bonds. The van der Waals surface area contributed by atoms with Gasteiger partial charge >= 0.3 is 0 Å². The van der Waals surface area contributed by atoms with Crippen LogP contribution in [-0.4, -0.2) is 0 Å². The van der Waals surface area contributed by atoms with Crippen LogP contribution in [0.15, 0.2) is 48.5 Å². The fourth-order valence-corrected chi connectivity index (χ4v) is 2.30. The van der Waals surface area contributed by atoms with Gasteiger partial charge in [-0.3, -0.25) is 0 Å². The summed E-state index contributed by atoms with van der Waals surface area (Å²) in [4.78, 5) is 0. The molecule has 0 aliphatic carbocycles. The molecule has 0 saturated heterocycles. The number of nitriles is 2. The number of benzene rings is 2. The Hall–Kier alpha value is -2.58. The van der Waals surface area contributed by atoms with E-state index in [0.717, 1.165) is 11.1 Å². The molecule has 2 aromatic rings. The van der Waals surface area contributed by atoms with Gasteiger partial charge in [0.1, 0.15) is 0 Å². The van der Waals surface area contributed by atoms with Gasteiger partial charge in [-0.05, 0) is 41.2 Å². The van der Waals surface area contributed by atoms with Gasteiger partial charge in [0.15, 0.2) is 0 Å². The van der Waals surface area contributed by atoms with Gasteiger partial charge in [-0.1, -0.05) is 50.2 Å². The summed E-state index contributed by atoms with van der Waals surface area (Å²) in [6.45, 7) is 4.34. The second-order valence-electron chi connectivity index (χ2n) is 5.52. The monoisotopic (exact) mass is 274 g/mol. The zero-order valence-corrected chi connectivity index (χ0v) is 12.4. The van der Waals surface area contributed by atoms with Crippen LogP contribution < -0.4 is 0 Å². The second-order valence-corrected chi connectivity index (χ2v) is 5.52. The molecule has 0 aliphatic heterocycles. The number of nitrogens with zero attached hydrogens (tertiary/aromatic N) is 2. The summed E-state index contributed by atoms with van der Waals surface area (Å²) < 4.78 is 0. The smallest absolute Gasteiger partial charge is 0.0991 e. The van der Waals surface area contributed by atoms with Crippen LogP contribution in [0.25, 0.3) is 0 Å². The summed E-state index contributed by atoms with van der Waals surface area (Å²) in [6.07, 6.45) is 0.695. The Morgan fingerprint density at radius 3 is 1.90 bits per heavy atom.